The lowest BCUT2D eigenvalue weighted by Gasteiger charge is -2.28. The number of nitrogens with zero attached hydrogens (tertiary/aromatic N) is 3. The highest BCUT2D eigenvalue weighted by molar-refractivity contribution is 5.92. The molecule has 7 heteroatoms. The average Bonchev–Trinajstić information content (AvgIpc) is 2.90. The minimum Gasteiger partial charge on any atom is -0.481 e. The standard InChI is InChI=1S/C29H32N4O3/c1-20-8-4-3-7-15-30-26(29(35)33-25-9-5-6-10-27(25)34)17-23(20)16-21-11-13-24(31-18-21)22-12-14-28(36-2)32-19-22/h3-4,7-8,11-15,17-19,25,27,34H,5-6,9-10,16H2,1-2H3,(H,33,35)/t25-,27-/m0/s1. The molecule has 0 unspecified atom stereocenters. The lowest BCUT2D eigenvalue weighted by Crippen LogP contribution is -2.45. The van der Waals surface area contributed by atoms with Gasteiger partial charge in [-0.1, -0.05) is 37.1 Å². The number of carbonyl (C=O) groups is 1. The van der Waals surface area contributed by atoms with Crippen LogP contribution in [0.3, 0.4) is 0 Å². The normalized spacial score (nSPS) is 17.1. The second-order valence-corrected chi connectivity index (χ2v) is 9.01. The zero-order valence-electron chi connectivity index (χ0n) is 20.7. The first-order valence-electron chi connectivity index (χ1n) is 12.3. The molecule has 0 aliphatic heterocycles. The smallest absolute Gasteiger partial charge is 0.270 e. The van der Waals surface area contributed by atoms with Crippen molar-refractivity contribution in [2.45, 2.75) is 51.2 Å². The maximum Gasteiger partial charge on any atom is 0.270 e. The lowest BCUT2D eigenvalue weighted by molar-refractivity contribution is 0.0714. The summed E-state index contributed by atoms with van der Waals surface area (Å²) in [6.07, 6.45) is 8.74. The topological polar surface area (TPSA) is 97.2 Å². The van der Waals surface area contributed by atoms with Gasteiger partial charge in [-0.2, -0.15) is 0 Å². The zero-order valence-corrected chi connectivity index (χ0v) is 20.7. The molecule has 1 aliphatic carbocycles. The average molecular weight is 485 g/mol. The van der Waals surface area contributed by atoms with Crippen molar-refractivity contribution >= 4 is 5.91 Å². The Morgan fingerprint density at radius 3 is 2.61 bits per heavy atom. The molecule has 0 aromatic carbocycles. The summed E-state index contributed by atoms with van der Waals surface area (Å²) >= 11 is 0. The second kappa shape index (κ2) is 12.2. The predicted molar refractivity (Wildman–Crippen MR) is 139 cm³/mol. The molecule has 1 saturated carbocycles. The number of ether oxygens (including phenoxy) is 1. The Balaban J connectivity index is 1.60. The van der Waals surface area contributed by atoms with Gasteiger partial charge in [0.1, 0.15) is 5.69 Å². The van der Waals surface area contributed by atoms with E-state index in [1.807, 2.05) is 61.7 Å². The van der Waals surface area contributed by atoms with E-state index in [-0.39, 0.29) is 11.9 Å². The highest BCUT2D eigenvalue weighted by Gasteiger charge is 2.25. The van der Waals surface area contributed by atoms with Gasteiger partial charge in [0, 0.05) is 30.2 Å². The van der Waals surface area contributed by atoms with Crippen molar-refractivity contribution in [3.05, 3.63) is 95.6 Å². The second-order valence-electron chi connectivity index (χ2n) is 9.01. The van der Waals surface area contributed by atoms with E-state index in [9.17, 15) is 9.90 Å². The van der Waals surface area contributed by atoms with Gasteiger partial charge in [0.25, 0.3) is 5.91 Å². The van der Waals surface area contributed by atoms with Crippen LogP contribution in [0.2, 0.25) is 0 Å². The number of aromatic nitrogens is 3. The molecule has 1 aliphatic rings. The summed E-state index contributed by atoms with van der Waals surface area (Å²) in [6, 6.07) is 17.0. The molecule has 0 saturated heterocycles. The fraction of sp³-hybridized carbons (Fsp3) is 0.310. The van der Waals surface area contributed by atoms with Crippen molar-refractivity contribution in [3.8, 4) is 17.1 Å². The third-order valence-electron chi connectivity index (χ3n) is 6.42. The Morgan fingerprint density at radius 1 is 1.03 bits per heavy atom. The first kappa shape index (κ1) is 25.3. The Hall–Kier alpha value is -3.84. The van der Waals surface area contributed by atoms with E-state index in [1.165, 1.54) is 0 Å². The molecule has 0 bridgehead atoms. The van der Waals surface area contributed by atoms with Crippen LogP contribution in [0.15, 0.2) is 73.2 Å². The fourth-order valence-corrected chi connectivity index (χ4v) is 4.27. The van der Waals surface area contributed by atoms with E-state index in [0.717, 1.165) is 47.2 Å². The van der Waals surface area contributed by atoms with Crippen molar-refractivity contribution < 1.29 is 14.6 Å². The molecule has 1 amide bonds. The van der Waals surface area contributed by atoms with Gasteiger partial charge in [-0.3, -0.25) is 14.8 Å². The number of aliphatic hydroxyl groups is 1. The van der Waals surface area contributed by atoms with Gasteiger partial charge in [0.15, 0.2) is 0 Å². The van der Waals surface area contributed by atoms with Crippen LogP contribution < -0.4 is 10.1 Å². The van der Waals surface area contributed by atoms with Crippen molar-refractivity contribution in [3.63, 3.8) is 0 Å². The zero-order chi connectivity index (χ0) is 25.3. The van der Waals surface area contributed by atoms with E-state index in [1.54, 1.807) is 25.6 Å². The third-order valence-corrected chi connectivity index (χ3v) is 6.42. The number of hydrogen-bond donors (Lipinski definition) is 2. The Bertz CT molecular complexity index is 1230. The molecule has 2 N–H and O–H groups in total. The van der Waals surface area contributed by atoms with Crippen LogP contribution in [0.5, 0.6) is 5.88 Å². The Morgan fingerprint density at radius 2 is 1.89 bits per heavy atom. The molecule has 3 heterocycles. The lowest BCUT2D eigenvalue weighted by atomic mass is 9.92. The number of nitrogens with one attached hydrogen (secondary N) is 1. The van der Waals surface area contributed by atoms with Gasteiger partial charge < -0.3 is 15.2 Å². The summed E-state index contributed by atoms with van der Waals surface area (Å²) in [7, 11) is 1.59. The highest BCUT2D eigenvalue weighted by Crippen LogP contribution is 2.21. The number of aryl methyl sites for hydroxylation is 1. The Kier molecular flexibility index (Phi) is 8.57. The van der Waals surface area contributed by atoms with Crippen molar-refractivity contribution in [1.82, 2.24) is 20.3 Å². The highest BCUT2D eigenvalue weighted by atomic mass is 16.5. The van der Waals surface area contributed by atoms with Crippen molar-refractivity contribution in [1.29, 1.82) is 0 Å². The van der Waals surface area contributed by atoms with Crippen molar-refractivity contribution in [2.75, 3.05) is 7.11 Å². The van der Waals surface area contributed by atoms with Gasteiger partial charge in [-0.25, -0.2) is 4.98 Å². The van der Waals surface area contributed by atoms with E-state index < -0.39 is 6.10 Å². The van der Waals surface area contributed by atoms with Gasteiger partial charge >= 0.3 is 0 Å². The molecular weight excluding hydrogens is 452 g/mol. The van der Waals surface area contributed by atoms with Crippen LogP contribution in [0, 0.1) is 6.92 Å². The summed E-state index contributed by atoms with van der Waals surface area (Å²) in [5, 5.41) is 13.3. The SMILES string of the molecule is COc1ccc(-c2ccc(Cc3cc(C(=O)N[C@H]4CCCC[C@@H]4O)ncccccc3C)cn2)cn1. The van der Waals surface area contributed by atoms with E-state index in [0.29, 0.717) is 24.4 Å². The number of aliphatic hydroxyl groups excluding tert-OH is 1. The van der Waals surface area contributed by atoms with Gasteiger partial charge in [0.2, 0.25) is 5.88 Å². The van der Waals surface area contributed by atoms with E-state index >= 15 is 0 Å². The molecule has 3 aromatic rings. The van der Waals surface area contributed by atoms with Gasteiger partial charge in [0.05, 0.1) is 24.9 Å². The number of pyridine rings is 2. The Labute approximate surface area is 212 Å². The predicted octanol–water partition coefficient (Wildman–Crippen LogP) is 4.60. The summed E-state index contributed by atoms with van der Waals surface area (Å²) in [5.41, 5.74) is 5.05. The molecule has 186 valence electrons. The molecule has 3 aromatic heterocycles. The molecule has 0 spiro atoms. The van der Waals surface area contributed by atoms with Crippen LogP contribution in [0.4, 0.5) is 0 Å². The largest absolute Gasteiger partial charge is 0.481 e. The maximum absolute atomic E-state index is 13.1. The molecular formula is C29H32N4O3. The first-order valence-corrected chi connectivity index (χ1v) is 12.3. The van der Waals surface area contributed by atoms with Crippen LogP contribution in [0.1, 0.15) is 52.9 Å². The van der Waals surface area contributed by atoms with E-state index in [4.69, 9.17) is 4.74 Å². The molecule has 36 heavy (non-hydrogen) atoms. The van der Waals surface area contributed by atoms with Crippen LogP contribution >= 0.6 is 0 Å². The maximum atomic E-state index is 13.1. The minimum atomic E-state index is -0.517. The molecule has 1 fully saturated rings. The number of carbonyl (C=O) groups excluding carboxylic acids is 1. The number of hydrogen-bond acceptors (Lipinski definition) is 6. The van der Waals surface area contributed by atoms with Gasteiger partial charge in [-0.15, -0.1) is 0 Å². The van der Waals surface area contributed by atoms with Crippen molar-refractivity contribution in [2.24, 2.45) is 0 Å². The quantitative estimate of drug-likeness (QED) is 0.531. The summed E-state index contributed by atoms with van der Waals surface area (Å²) in [4.78, 5) is 26.4. The summed E-state index contributed by atoms with van der Waals surface area (Å²) < 4.78 is 5.13. The first-order chi connectivity index (χ1) is 17.5. The fourth-order valence-electron chi connectivity index (χ4n) is 4.27. The summed E-state index contributed by atoms with van der Waals surface area (Å²) in [5.74, 6) is 0.282. The molecule has 2 atom stereocenters. The van der Waals surface area contributed by atoms with Crippen LogP contribution in [-0.2, 0) is 6.42 Å². The number of rotatable bonds is 6. The monoisotopic (exact) mass is 484 g/mol. The number of amides is 1. The van der Waals surface area contributed by atoms with Crippen LogP contribution in [0.25, 0.3) is 11.3 Å². The van der Waals surface area contributed by atoms with Crippen LogP contribution in [-0.4, -0.2) is 45.2 Å². The summed E-state index contributed by atoms with van der Waals surface area (Å²) in [6.45, 7) is 2.02. The number of methoxy groups -OCH3 is 1. The third kappa shape index (κ3) is 6.64. The molecule has 7 nitrogen and oxygen atoms in total. The molecule has 4 rings (SSSR count). The molecule has 0 radical (unpaired) electrons. The van der Waals surface area contributed by atoms with Gasteiger partial charge in [-0.05, 0) is 67.1 Å². The van der Waals surface area contributed by atoms with E-state index in [2.05, 4.69) is 20.3 Å². The minimum absolute atomic E-state index is 0.245.